The Morgan fingerprint density at radius 1 is 1.18 bits per heavy atom. The summed E-state index contributed by atoms with van der Waals surface area (Å²) in [6, 6.07) is 12.3. The lowest BCUT2D eigenvalue weighted by atomic mass is 10.1. The molecule has 8 heteroatoms. The third-order valence-electron chi connectivity index (χ3n) is 4.69. The van der Waals surface area contributed by atoms with E-state index in [0.717, 1.165) is 61.8 Å². The number of methoxy groups -OCH3 is 1. The molecule has 0 saturated carbocycles. The molecule has 28 heavy (non-hydrogen) atoms. The summed E-state index contributed by atoms with van der Waals surface area (Å²) in [7, 11) is 1.75. The predicted molar refractivity (Wildman–Crippen MR) is 118 cm³/mol. The Bertz CT molecular complexity index is 785. The molecule has 2 heterocycles. The van der Waals surface area contributed by atoms with Gasteiger partial charge in [0.05, 0.1) is 12.8 Å². The van der Waals surface area contributed by atoms with Crippen LogP contribution in [0.25, 0.3) is 11.1 Å². The standard InChI is InChI=1S/C20H26N6OS/c1-27-13-12-25-8-10-26(11-9-25)19-7-6-18(15-22-19)17-4-2-16(3-5-17)14-23-24-20(21)28/h2-7,14-15H,8-13H2,1H3,(H3,21,24,28)/b23-14+. The minimum Gasteiger partial charge on any atom is -0.383 e. The van der Waals surface area contributed by atoms with Crippen LogP contribution in [0.1, 0.15) is 5.56 Å². The molecule has 1 aliphatic rings. The Morgan fingerprint density at radius 2 is 1.89 bits per heavy atom. The number of hydrogen-bond acceptors (Lipinski definition) is 6. The van der Waals surface area contributed by atoms with E-state index < -0.39 is 0 Å². The number of aromatic nitrogens is 1. The first-order valence-corrected chi connectivity index (χ1v) is 9.68. The molecule has 1 fully saturated rings. The van der Waals surface area contributed by atoms with Crippen molar-refractivity contribution in [2.45, 2.75) is 0 Å². The van der Waals surface area contributed by atoms with E-state index in [1.54, 1.807) is 13.3 Å². The van der Waals surface area contributed by atoms with Gasteiger partial charge in [0.1, 0.15) is 5.82 Å². The van der Waals surface area contributed by atoms with Crippen LogP contribution in [0.15, 0.2) is 47.7 Å². The lowest BCUT2D eigenvalue weighted by molar-refractivity contribution is 0.144. The highest BCUT2D eigenvalue weighted by atomic mass is 32.1. The van der Waals surface area contributed by atoms with Gasteiger partial charge in [-0.25, -0.2) is 4.98 Å². The lowest BCUT2D eigenvalue weighted by Gasteiger charge is -2.35. The van der Waals surface area contributed by atoms with Gasteiger partial charge in [0.15, 0.2) is 5.11 Å². The Hall–Kier alpha value is -2.55. The summed E-state index contributed by atoms with van der Waals surface area (Å²) in [6.45, 7) is 5.84. The number of piperazine rings is 1. The molecule has 0 amide bonds. The molecule has 3 N–H and O–H groups in total. The summed E-state index contributed by atoms with van der Waals surface area (Å²) in [4.78, 5) is 9.44. The van der Waals surface area contributed by atoms with Gasteiger partial charge in [-0.1, -0.05) is 24.3 Å². The van der Waals surface area contributed by atoms with E-state index in [2.05, 4.69) is 37.4 Å². The van der Waals surface area contributed by atoms with Crippen molar-refractivity contribution in [2.75, 3.05) is 51.3 Å². The molecule has 1 aromatic carbocycles. The van der Waals surface area contributed by atoms with Crippen LogP contribution in [0.2, 0.25) is 0 Å². The fraction of sp³-hybridized carbons (Fsp3) is 0.350. The highest BCUT2D eigenvalue weighted by Crippen LogP contribution is 2.22. The summed E-state index contributed by atoms with van der Waals surface area (Å²) in [5.41, 5.74) is 11.0. The average molecular weight is 399 g/mol. The zero-order valence-corrected chi connectivity index (χ0v) is 16.9. The second-order valence-corrected chi connectivity index (χ2v) is 7.02. The fourth-order valence-corrected chi connectivity index (χ4v) is 3.15. The van der Waals surface area contributed by atoms with Gasteiger partial charge in [0, 0.05) is 51.6 Å². The van der Waals surface area contributed by atoms with Crippen molar-refractivity contribution in [1.29, 1.82) is 0 Å². The van der Waals surface area contributed by atoms with Gasteiger partial charge in [-0.05, 0) is 35.5 Å². The van der Waals surface area contributed by atoms with Crippen molar-refractivity contribution in [3.05, 3.63) is 48.2 Å². The average Bonchev–Trinajstić information content (AvgIpc) is 2.73. The Labute approximate surface area is 171 Å². The van der Waals surface area contributed by atoms with E-state index in [1.165, 1.54) is 0 Å². The van der Waals surface area contributed by atoms with E-state index in [1.807, 2.05) is 30.5 Å². The minimum absolute atomic E-state index is 0.149. The molecule has 2 aromatic rings. The first-order valence-electron chi connectivity index (χ1n) is 9.27. The number of thiocarbonyl (C=S) groups is 1. The Morgan fingerprint density at radius 3 is 2.50 bits per heavy atom. The molecule has 3 rings (SSSR count). The molecule has 148 valence electrons. The first-order chi connectivity index (χ1) is 13.7. The molecule has 0 radical (unpaired) electrons. The van der Waals surface area contributed by atoms with Crippen LogP contribution in [0.4, 0.5) is 5.82 Å². The largest absolute Gasteiger partial charge is 0.383 e. The normalized spacial score (nSPS) is 15.1. The number of hydrogen-bond donors (Lipinski definition) is 2. The van der Waals surface area contributed by atoms with Gasteiger partial charge in [0.25, 0.3) is 0 Å². The van der Waals surface area contributed by atoms with Crippen molar-refractivity contribution in [3.8, 4) is 11.1 Å². The number of anilines is 1. The van der Waals surface area contributed by atoms with Gasteiger partial charge in [-0.2, -0.15) is 5.10 Å². The zero-order valence-electron chi connectivity index (χ0n) is 16.0. The summed E-state index contributed by atoms with van der Waals surface area (Å²) in [5.74, 6) is 1.03. The number of nitrogens with zero attached hydrogens (tertiary/aromatic N) is 4. The molecule has 1 aromatic heterocycles. The first kappa shape index (κ1) is 20.2. The van der Waals surface area contributed by atoms with E-state index >= 15 is 0 Å². The van der Waals surface area contributed by atoms with Crippen molar-refractivity contribution in [1.82, 2.24) is 15.3 Å². The highest BCUT2D eigenvalue weighted by molar-refractivity contribution is 7.80. The molecule has 0 bridgehead atoms. The van der Waals surface area contributed by atoms with E-state index in [9.17, 15) is 0 Å². The molecule has 0 spiro atoms. The van der Waals surface area contributed by atoms with Crippen LogP contribution in [-0.2, 0) is 4.74 Å². The third-order valence-corrected chi connectivity index (χ3v) is 4.78. The van der Waals surface area contributed by atoms with Crippen LogP contribution < -0.4 is 16.1 Å². The maximum absolute atomic E-state index is 5.34. The smallest absolute Gasteiger partial charge is 0.184 e. The predicted octanol–water partition coefficient (Wildman–Crippen LogP) is 1.68. The molecule has 7 nitrogen and oxygen atoms in total. The van der Waals surface area contributed by atoms with Crippen LogP contribution in [0, 0.1) is 0 Å². The summed E-state index contributed by atoms with van der Waals surface area (Å²) in [5, 5.41) is 4.11. The third kappa shape index (κ3) is 5.72. The number of nitrogens with two attached hydrogens (primary N) is 1. The summed E-state index contributed by atoms with van der Waals surface area (Å²) in [6.07, 6.45) is 3.61. The highest BCUT2D eigenvalue weighted by Gasteiger charge is 2.17. The van der Waals surface area contributed by atoms with E-state index in [0.29, 0.717) is 0 Å². The lowest BCUT2D eigenvalue weighted by Crippen LogP contribution is -2.47. The Balaban J connectivity index is 1.57. The molecule has 1 aliphatic heterocycles. The minimum atomic E-state index is 0.149. The SMILES string of the molecule is COCCN1CCN(c2ccc(-c3ccc(/C=N/NC(N)=S)cc3)cn2)CC1. The number of hydrazone groups is 1. The molecule has 0 atom stereocenters. The number of nitrogens with one attached hydrogen (secondary N) is 1. The van der Waals surface area contributed by atoms with E-state index in [-0.39, 0.29) is 5.11 Å². The van der Waals surface area contributed by atoms with Crippen LogP contribution in [0.5, 0.6) is 0 Å². The van der Waals surface area contributed by atoms with Gasteiger partial charge in [-0.3, -0.25) is 10.3 Å². The number of pyridine rings is 1. The fourth-order valence-electron chi connectivity index (χ4n) is 3.10. The number of ether oxygens (including phenoxy) is 1. The van der Waals surface area contributed by atoms with Gasteiger partial charge >= 0.3 is 0 Å². The van der Waals surface area contributed by atoms with Crippen molar-refractivity contribution < 1.29 is 4.74 Å². The maximum Gasteiger partial charge on any atom is 0.184 e. The molecular weight excluding hydrogens is 372 g/mol. The second kappa shape index (κ2) is 10.1. The monoisotopic (exact) mass is 398 g/mol. The molecule has 0 unspecified atom stereocenters. The van der Waals surface area contributed by atoms with Crippen LogP contribution in [0.3, 0.4) is 0 Å². The van der Waals surface area contributed by atoms with Crippen molar-refractivity contribution >= 4 is 29.4 Å². The van der Waals surface area contributed by atoms with Gasteiger partial charge in [-0.15, -0.1) is 0 Å². The topological polar surface area (TPSA) is 79.0 Å². The summed E-state index contributed by atoms with van der Waals surface area (Å²) < 4.78 is 5.16. The van der Waals surface area contributed by atoms with Crippen LogP contribution >= 0.6 is 12.2 Å². The molecule has 0 aliphatic carbocycles. The van der Waals surface area contributed by atoms with Crippen LogP contribution in [-0.4, -0.2) is 67.7 Å². The molecule has 1 saturated heterocycles. The van der Waals surface area contributed by atoms with Gasteiger partial charge in [0.2, 0.25) is 0 Å². The summed E-state index contributed by atoms with van der Waals surface area (Å²) >= 11 is 4.71. The number of benzene rings is 1. The van der Waals surface area contributed by atoms with Gasteiger partial charge < -0.3 is 15.4 Å². The number of rotatable bonds is 7. The van der Waals surface area contributed by atoms with Crippen molar-refractivity contribution in [2.24, 2.45) is 10.8 Å². The van der Waals surface area contributed by atoms with Crippen molar-refractivity contribution in [3.63, 3.8) is 0 Å². The quantitative estimate of drug-likeness (QED) is 0.417. The second-order valence-electron chi connectivity index (χ2n) is 6.58. The maximum atomic E-state index is 5.34. The van der Waals surface area contributed by atoms with E-state index in [4.69, 9.17) is 22.7 Å². The zero-order chi connectivity index (χ0) is 19.8. The Kier molecular flexibility index (Phi) is 7.30. The molecular formula is C20H26N6OS.